The van der Waals surface area contributed by atoms with E-state index >= 15 is 0 Å². The zero-order valence-electron chi connectivity index (χ0n) is 20.9. The Bertz CT molecular complexity index is 1460. The molecule has 0 bridgehead atoms. The number of benzene rings is 1. The Morgan fingerprint density at radius 3 is 2.50 bits per heavy atom. The normalized spacial score (nSPS) is 24.7. The highest BCUT2D eigenvalue weighted by Gasteiger charge is 2.46. The van der Waals surface area contributed by atoms with Gasteiger partial charge in [-0.3, -0.25) is 9.57 Å². The molecule has 2 atom stereocenters. The Hall–Kier alpha value is -2.86. The highest BCUT2D eigenvalue weighted by molar-refractivity contribution is 7.92. The molecule has 0 unspecified atom stereocenters. The minimum absolute atomic E-state index is 0.0322. The van der Waals surface area contributed by atoms with Crippen molar-refractivity contribution >= 4 is 44.3 Å². The van der Waals surface area contributed by atoms with Crippen LogP contribution in [0.1, 0.15) is 49.4 Å². The predicted octanol–water partition coefficient (Wildman–Crippen LogP) is 5.55. The molecule has 1 N–H and O–H groups in total. The Kier molecular flexibility index (Phi) is 6.83. The van der Waals surface area contributed by atoms with Crippen LogP contribution in [0.4, 0.5) is 24.5 Å². The van der Waals surface area contributed by atoms with Crippen molar-refractivity contribution in [3.8, 4) is 0 Å². The smallest absolute Gasteiger partial charge is 0.339 e. The van der Waals surface area contributed by atoms with Gasteiger partial charge in [0, 0.05) is 58.4 Å². The standard InChI is InChI=1S/C25H28ClF3N6O2S/c1-15-7-10-34(19-14-31-21-13-20(26)32-35(21)22(15)19)18-5-3-16(4-6-18)23(25(27,28)29)33(2)24(36)17-8-11-38(30,37)12-9-17/h3-6,13-15,17,23,30H,7-12H2,1-2H3/t15-,17?,23-,38?/m0/s1. The lowest BCUT2D eigenvalue weighted by Crippen LogP contribution is -2.44. The Morgan fingerprint density at radius 2 is 1.87 bits per heavy atom. The Balaban J connectivity index is 1.43. The van der Waals surface area contributed by atoms with E-state index in [0.29, 0.717) is 23.0 Å². The van der Waals surface area contributed by atoms with Crippen molar-refractivity contribution in [2.75, 3.05) is 30.0 Å². The maximum atomic E-state index is 14.2. The lowest BCUT2D eigenvalue weighted by Gasteiger charge is -2.35. The number of nitrogens with zero attached hydrogens (tertiary/aromatic N) is 5. The molecule has 2 aliphatic heterocycles. The number of rotatable bonds is 4. The van der Waals surface area contributed by atoms with Crippen molar-refractivity contribution in [3.63, 3.8) is 0 Å². The van der Waals surface area contributed by atoms with Crippen molar-refractivity contribution in [3.05, 3.63) is 52.9 Å². The highest BCUT2D eigenvalue weighted by atomic mass is 35.5. The van der Waals surface area contributed by atoms with Crippen molar-refractivity contribution in [2.45, 2.75) is 44.3 Å². The zero-order valence-corrected chi connectivity index (χ0v) is 22.5. The lowest BCUT2D eigenvalue weighted by molar-refractivity contribution is -0.190. The van der Waals surface area contributed by atoms with Gasteiger partial charge in [0.1, 0.15) is 0 Å². The summed E-state index contributed by atoms with van der Waals surface area (Å²) in [7, 11) is -1.58. The first-order chi connectivity index (χ1) is 17.9. The molecular weight excluding hydrogens is 541 g/mol. The second-order valence-corrected chi connectivity index (χ2v) is 12.9. The molecule has 4 heterocycles. The van der Waals surface area contributed by atoms with Gasteiger partial charge >= 0.3 is 6.18 Å². The fraction of sp³-hybridized carbons (Fsp3) is 0.480. The van der Waals surface area contributed by atoms with Gasteiger partial charge in [0.15, 0.2) is 16.8 Å². The number of carbonyl (C=O) groups is 1. The Labute approximate surface area is 223 Å². The summed E-state index contributed by atoms with van der Waals surface area (Å²) in [6.07, 6.45) is -1.84. The molecule has 204 valence electrons. The molecule has 2 aliphatic rings. The van der Waals surface area contributed by atoms with Crippen LogP contribution in [0.15, 0.2) is 36.5 Å². The molecule has 13 heteroatoms. The SMILES string of the molecule is C[C@H]1CCN(c2ccc([C@H](N(C)C(=O)C3CCS(=N)(=O)CC3)C(F)(F)F)cc2)c2cnc3cc(Cl)nn3c21. The van der Waals surface area contributed by atoms with Crippen molar-refractivity contribution < 1.29 is 22.2 Å². The summed E-state index contributed by atoms with van der Waals surface area (Å²) < 4.78 is 64.1. The number of carbonyl (C=O) groups excluding carboxylic acids is 1. The van der Waals surface area contributed by atoms with Gasteiger partial charge in [-0.1, -0.05) is 30.7 Å². The molecule has 1 saturated heterocycles. The topological polar surface area (TPSA) is 94.7 Å². The van der Waals surface area contributed by atoms with Crippen LogP contribution in [-0.2, 0) is 14.5 Å². The van der Waals surface area contributed by atoms with Crippen LogP contribution in [0.3, 0.4) is 0 Å². The summed E-state index contributed by atoms with van der Waals surface area (Å²) >= 11 is 6.09. The molecule has 0 spiro atoms. The lowest BCUT2D eigenvalue weighted by atomic mass is 9.95. The number of alkyl halides is 3. The number of aromatic nitrogens is 3. The average molecular weight is 569 g/mol. The van der Waals surface area contributed by atoms with Crippen molar-refractivity contribution in [1.29, 1.82) is 4.78 Å². The molecule has 5 rings (SSSR count). The molecule has 1 fully saturated rings. The number of amides is 1. The van der Waals surface area contributed by atoms with Gasteiger partial charge in [0.05, 0.1) is 17.6 Å². The average Bonchev–Trinajstić information content (AvgIpc) is 3.24. The van der Waals surface area contributed by atoms with Gasteiger partial charge < -0.3 is 9.80 Å². The molecule has 0 radical (unpaired) electrons. The molecule has 38 heavy (non-hydrogen) atoms. The van der Waals surface area contributed by atoms with Crippen LogP contribution in [-0.4, -0.2) is 60.9 Å². The number of halogens is 4. The summed E-state index contributed by atoms with van der Waals surface area (Å²) in [5.41, 5.74) is 3.03. The summed E-state index contributed by atoms with van der Waals surface area (Å²) in [6, 6.07) is 5.62. The van der Waals surface area contributed by atoms with Gasteiger partial charge in [-0.25, -0.2) is 13.7 Å². The van der Waals surface area contributed by atoms with Gasteiger partial charge in [0.2, 0.25) is 5.91 Å². The van der Waals surface area contributed by atoms with E-state index in [2.05, 4.69) is 17.0 Å². The first-order valence-corrected chi connectivity index (χ1v) is 14.6. The fourth-order valence-electron chi connectivity index (χ4n) is 5.47. The molecule has 1 amide bonds. The van der Waals surface area contributed by atoms with Gasteiger partial charge in [-0.15, -0.1) is 0 Å². The molecule has 0 saturated carbocycles. The number of fused-ring (bicyclic) bond motifs is 3. The van der Waals surface area contributed by atoms with Crippen LogP contribution in [0.25, 0.3) is 5.65 Å². The molecule has 2 aromatic heterocycles. The van der Waals surface area contributed by atoms with E-state index in [9.17, 15) is 22.2 Å². The van der Waals surface area contributed by atoms with E-state index < -0.39 is 33.8 Å². The Morgan fingerprint density at radius 1 is 1.21 bits per heavy atom. The summed E-state index contributed by atoms with van der Waals surface area (Å²) in [5.74, 6) is -1.07. The van der Waals surface area contributed by atoms with Gasteiger partial charge in [-0.05, 0) is 37.0 Å². The van der Waals surface area contributed by atoms with E-state index in [-0.39, 0.29) is 35.8 Å². The van der Waals surface area contributed by atoms with E-state index in [1.54, 1.807) is 28.9 Å². The maximum absolute atomic E-state index is 14.2. The van der Waals surface area contributed by atoms with Crippen LogP contribution >= 0.6 is 11.6 Å². The fourth-order valence-corrected chi connectivity index (χ4v) is 7.18. The number of anilines is 2. The molecular formula is C25H28ClF3N6O2S. The number of hydrogen-bond acceptors (Lipinski definition) is 6. The number of nitrogens with one attached hydrogen (secondary N) is 1. The third kappa shape index (κ3) is 4.95. The summed E-state index contributed by atoms with van der Waals surface area (Å²) in [5, 5.41) is 4.69. The van der Waals surface area contributed by atoms with E-state index in [0.717, 1.165) is 29.7 Å². The van der Waals surface area contributed by atoms with Gasteiger partial charge in [0.25, 0.3) is 0 Å². The first kappa shape index (κ1) is 26.7. The van der Waals surface area contributed by atoms with E-state index in [1.807, 2.05) is 4.90 Å². The molecule has 0 aliphatic carbocycles. The van der Waals surface area contributed by atoms with Crippen molar-refractivity contribution in [2.24, 2.45) is 5.92 Å². The monoisotopic (exact) mass is 568 g/mol. The second-order valence-electron chi connectivity index (χ2n) is 10.1. The van der Waals surface area contributed by atoms with Crippen LogP contribution < -0.4 is 4.90 Å². The van der Waals surface area contributed by atoms with Crippen LogP contribution in [0.5, 0.6) is 0 Å². The third-order valence-corrected chi connectivity index (χ3v) is 9.50. The largest absolute Gasteiger partial charge is 0.413 e. The quantitative estimate of drug-likeness (QED) is 0.445. The predicted molar refractivity (Wildman–Crippen MR) is 139 cm³/mol. The molecule has 3 aromatic rings. The van der Waals surface area contributed by atoms with Crippen LogP contribution in [0, 0.1) is 10.7 Å². The third-order valence-electron chi connectivity index (χ3n) is 7.52. The summed E-state index contributed by atoms with van der Waals surface area (Å²) in [6.45, 7) is 2.74. The molecule has 8 nitrogen and oxygen atoms in total. The highest BCUT2D eigenvalue weighted by Crippen LogP contribution is 2.42. The van der Waals surface area contributed by atoms with Crippen LogP contribution in [0.2, 0.25) is 5.15 Å². The second kappa shape index (κ2) is 9.71. The van der Waals surface area contributed by atoms with E-state index in [4.69, 9.17) is 16.4 Å². The summed E-state index contributed by atoms with van der Waals surface area (Å²) in [4.78, 5) is 20.2. The number of hydrogen-bond donors (Lipinski definition) is 1. The minimum atomic E-state index is -4.69. The first-order valence-electron chi connectivity index (χ1n) is 12.3. The van der Waals surface area contributed by atoms with E-state index in [1.165, 1.54) is 12.1 Å². The minimum Gasteiger partial charge on any atom is -0.339 e. The molecule has 1 aromatic carbocycles. The van der Waals surface area contributed by atoms with Crippen molar-refractivity contribution in [1.82, 2.24) is 19.5 Å². The maximum Gasteiger partial charge on any atom is 0.413 e. The van der Waals surface area contributed by atoms with Gasteiger partial charge in [-0.2, -0.15) is 18.3 Å². The zero-order chi connectivity index (χ0) is 27.4.